The van der Waals surface area contributed by atoms with Gasteiger partial charge in [-0.05, 0) is 19.4 Å². The second-order valence-corrected chi connectivity index (χ2v) is 7.88. The fraction of sp³-hybridized carbons (Fsp3) is 0.650. The lowest BCUT2D eigenvalue weighted by Crippen LogP contribution is -3.00. The molecule has 0 radical (unpaired) electrons. The molecule has 2 saturated heterocycles. The van der Waals surface area contributed by atoms with Gasteiger partial charge in [0.2, 0.25) is 0 Å². The van der Waals surface area contributed by atoms with Crippen molar-refractivity contribution in [2.75, 3.05) is 13.7 Å². The molecule has 2 unspecified atom stereocenters. The Hall–Kier alpha value is -0.910. The number of piperidine rings is 1. The lowest BCUT2D eigenvalue weighted by molar-refractivity contribution is -0.968. The highest BCUT2D eigenvalue weighted by Crippen LogP contribution is 2.44. The second kappa shape index (κ2) is 8.19. The minimum atomic E-state index is -0.572. The van der Waals surface area contributed by atoms with Crippen molar-refractivity contribution in [3.8, 4) is 0 Å². The van der Waals surface area contributed by atoms with Crippen molar-refractivity contribution in [1.82, 2.24) is 0 Å². The molecule has 5 heteroatoms. The van der Waals surface area contributed by atoms with Crippen LogP contribution in [0.2, 0.25) is 0 Å². The molecular formula is C20H30BrNO3. The Morgan fingerprint density at radius 2 is 1.76 bits per heavy atom. The van der Waals surface area contributed by atoms with Crippen LogP contribution in [0.4, 0.5) is 0 Å². The quantitative estimate of drug-likeness (QED) is 0.541. The largest absolute Gasteiger partial charge is 1.00 e. The van der Waals surface area contributed by atoms with Gasteiger partial charge in [-0.1, -0.05) is 30.3 Å². The monoisotopic (exact) mass is 411 g/mol. The number of aliphatic hydroxyl groups excluding tert-OH is 1. The van der Waals surface area contributed by atoms with Crippen LogP contribution in [0.15, 0.2) is 30.3 Å². The molecule has 0 spiro atoms. The van der Waals surface area contributed by atoms with Crippen LogP contribution in [0.25, 0.3) is 0 Å². The Kier molecular flexibility index (Phi) is 6.68. The fourth-order valence-corrected chi connectivity index (χ4v) is 4.82. The highest BCUT2D eigenvalue weighted by Gasteiger charge is 2.53. The van der Waals surface area contributed by atoms with Gasteiger partial charge < -0.3 is 31.3 Å². The third-order valence-electron chi connectivity index (χ3n) is 6.54. The Bertz CT molecular complexity index is 564. The van der Waals surface area contributed by atoms with Gasteiger partial charge in [-0.15, -0.1) is 0 Å². The summed E-state index contributed by atoms with van der Waals surface area (Å²) < 4.78 is 6.96. The summed E-state index contributed by atoms with van der Waals surface area (Å²) >= 11 is 0. The van der Waals surface area contributed by atoms with Gasteiger partial charge in [0.05, 0.1) is 31.8 Å². The Balaban J connectivity index is 0.00000225. The van der Waals surface area contributed by atoms with E-state index in [1.165, 1.54) is 12.8 Å². The molecule has 3 rings (SSSR count). The van der Waals surface area contributed by atoms with Crippen LogP contribution in [-0.4, -0.2) is 53.4 Å². The Labute approximate surface area is 161 Å². The number of hydrogen-bond donors (Lipinski definition) is 1. The molecule has 1 N–H and O–H groups in total. The van der Waals surface area contributed by atoms with E-state index in [4.69, 9.17) is 4.74 Å². The van der Waals surface area contributed by atoms with Gasteiger partial charge in [-0.25, -0.2) is 0 Å². The number of carbonyl (C=O) groups excluding carboxylic acids is 1. The van der Waals surface area contributed by atoms with E-state index >= 15 is 0 Å². The number of quaternary nitrogens is 1. The van der Waals surface area contributed by atoms with Gasteiger partial charge in [-0.2, -0.15) is 0 Å². The van der Waals surface area contributed by atoms with E-state index in [9.17, 15) is 9.90 Å². The highest BCUT2D eigenvalue weighted by molar-refractivity contribution is 5.78. The summed E-state index contributed by atoms with van der Waals surface area (Å²) in [5, 5.41) is 9.65. The predicted molar refractivity (Wildman–Crippen MR) is 93.5 cm³/mol. The summed E-state index contributed by atoms with van der Waals surface area (Å²) in [6.45, 7) is 4.39. The molecule has 2 heterocycles. The zero-order valence-electron chi connectivity index (χ0n) is 15.4. The lowest BCUT2D eigenvalue weighted by Gasteiger charge is -2.49. The van der Waals surface area contributed by atoms with Crippen molar-refractivity contribution in [3.63, 3.8) is 0 Å². The van der Waals surface area contributed by atoms with Crippen molar-refractivity contribution < 1.29 is 36.1 Å². The molecule has 2 aliphatic heterocycles. The van der Waals surface area contributed by atoms with E-state index in [0.29, 0.717) is 18.1 Å². The molecule has 5 atom stereocenters. The van der Waals surface area contributed by atoms with Gasteiger partial charge >= 0.3 is 5.97 Å². The summed E-state index contributed by atoms with van der Waals surface area (Å²) in [7, 11) is 2.37. The Morgan fingerprint density at radius 1 is 1.20 bits per heavy atom. The number of aliphatic hydroxyl groups is 1. The summed E-state index contributed by atoms with van der Waals surface area (Å²) in [5.41, 5.74) is 0.826. The summed E-state index contributed by atoms with van der Waals surface area (Å²) in [4.78, 5) is 12.6. The first-order valence-electron chi connectivity index (χ1n) is 9.18. The van der Waals surface area contributed by atoms with Crippen LogP contribution in [0.1, 0.15) is 51.0 Å². The standard InChI is InChI=1S/C20H30NO3.BrH/c1-14(2)21(3)16-9-10-17(21)12-18(11-16)24-20(23)19(13-22)15-7-5-4-6-8-15;/h4-8,14,16-19,22H,9-13H2,1-3H3;1H/q+1;/p-1/t16-,17+,18?,19-,21?;/m1./s1. The number of halogens is 1. The molecule has 140 valence electrons. The first-order chi connectivity index (χ1) is 11.5. The molecule has 0 amide bonds. The van der Waals surface area contributed by atoms with Crippen molar-refractivity contribution >= 4 is 5.97 Å². The lowest BCUT2D eigenvalue weighted by atomic mass is 9.94. The first-order valence-corrected chi connectivity index (χ1v) is 9.18. The molecule has 2 aliphatic rings. The molecule has 0 saturated carbocycles. The van der Waals surface area contributed by atoms with Crippen LogP contribution in [0.5, 0.6) is 0 Å². The summed E-state index contributed by atoms with van der Waals surface area (Å²) in [6.07, 6.45) is 4.36. The maximum absolute atomic E-state index is 12.6. The van der Waals surface area contributed by atoms with E-state index in [1.807, 2.05) is 30.3 Å². The van der Waals surface area contributed by atoms with Crippen LogP contribution in [-0.2, 0) is 9.53 Å². The zero-order valence-corrected chi connectivity index (χ0v) is 17.0. The molecule has 1 aromatic rings. The number of benzene rings is 1. The minimum absolute atomic E-state index is 0. The number of hydrogen-bond acceptors (Lipinski definition) is 3. The molecule has 0 aromatic heterocycles. The normalized spacial score (nSPS) is 32.1. The third-order valence-corrected chi connectivity index (χ3v) is 6.54. The van der Waals surface area contributed by atoms with Crippen molar-refractivity contribution in [1.29, 1.82) is 0 Å². The summed E-state index contributed by atoms with van der Waals surface area (Å²) in [6, 6.07) is 11.2. The van der Waals surface area contributed by atoms with Gasteiger partial charge in [0, 0.05) is 25.7 Å². The number of ether oxygens (including phenoxy) is 1. The van der Waals surface area contributed by atoms with Crippen LogP contribution < -0.4 is 17.0 Å². The summed E-state index contributed by atoms with van der Waals surface area (Å²) in [5.74, 6) is -0.856. The second-order valence-electron chi connectivity index (χ2n) is 7.88. The van der Waals surface area contributed by atoms with E-state index < -0.39 is 5.92 Å². The SMILES string of the molecule is CC(C)[N+]1(C)[C@@H]2CC[C@H]1CC(OC(=O)[C@H](CO)c1ccccc1)C2.[Br-]. The molecule has 2 bridgehead atoms. The fourth-order valence-electron chi connectivity index (χ4n) is 4.82. The minimum Gasteiger partial charge on any atom is -1.00 e. The van der Waals surface area contributed by atoms with E-state index in [0.717, 1.165) is 22.9 Å². The van der Waals surface area contributed by atoms with Gasteiger partial charge in [-0.3, -0.25) is 4.79 Å². The molecule has 2 fully saturated rings. The average molecular weight is 412 g/mol. The maximum atomic E-state index is 12.6. The number of esters is 1. The number of nitrogens with zero attached hydrogens (tertiary/aromatic N) is 1. The topological polar surface area (TPSA) is 46.5 Å². The van der Waals surface area contributed by atoms with Crippen LogP contribution in [0, 0.1) is 0 Å². The first kappa shape index (κ1) is 20.4. The van der Waals surface area contributed by atoms with Crippen molar-refractivity contribution in [2.24, 2.45) is 0 Å². The number of carbonyl (C=O) groups is 1. The van der Waals surface area contributed by atoms with E-state index in [1.54, 1.807) is 0 Å². The van der Waals surface area contributed by atoms with Gasteiger partial charge in [0.15, 0.2) is 0 Å². The van der Waals surface area contributed by atoms with Crippen LogP contribution >= 0.6 is 0 Å². The molecular weight excluding hydrogens is 382 g/mol. The van der Waals surface area contributed by atoms with Crippen molar-refractivity contribution in [3.05, 3.63) is 35.9 Å². The average Bonchev–Trinajstić information content (AvgIpc) is 2.74. The zero-order chi connectivity index (χ0) is 17.3. The third kappa shape index (κ3) is 3.79. The van der Waals surface area contributed by atoms with E-state index in [2.05, 4.69) is 20.9 Å². The van der Waals surface area contributed by atoms with Gasteiger partial charge in [0.1, 0.15) is 12.0 Å². The maximum Gasteiger partial charge on any atom is 0.316 e. The van der Waals surface area contributed by atoms with Crippen molar-refractivity contribution in [2.45, 2.75) is 69.7 Å². The van der Waals surface area contributed by atoms with Crippen LogP contribution in [0.3, 0.4) is 0 Å². The highest BCUT2D eigenvalue weighted by atomic mass is 79.9. The molecule has 0 aliphatic carbocycles. The van der Waals surface area contributed by atoms with Gasteiger partial charge in [0.25, 0.3) is 0 Å². The predicted octanol–water partition coefficient (Wildman–Crippen LogP) is -0.142. The molecule has 1 aromatic carbocycles. The van der Waals surface area contributed by atoms with E-state index in [-0.39, 0.29) is 35.7 Å². The number of rotatable bonds is 5. The Morgan fingerprint density at radius 3 is 2.24 bits per heavy atom. The smallest absolute Gasteiger partial charge is 0.316 e. The molecule has 25 heavy (non-hydrogen) atoms. The molecule has 4 nitrogen and oxygen atoms in total. The number of fused-ring (bicyclic) bond motifs is 2.